The van der Waals surface area contributed by atoms with Gasteiger partial charge >= 0.3 is 0 Å². The summed E-state index contributed by atoms with van der Waals surface area (Å²) in [4.78, 5) is 11.6. The van der Waals surface area contributed by atoms with Gasteiger partial charge in [-0.25, -0.2) is 0 Å². The van der Waals surface area contributed by atoms with Gasteiger partial charge in [-0.05, 0) is 79.4 Å². The predicted octanol–water partition coefficient (Wildman–Crippen LogP) is 5.55. The van der Waals surface area contributed by atoms with Gasteiger partial charge in [-0.2, -0.15) is 0 Å². The van der Waals surface area contributed by atoms with Crippen molar-refractivity contribution in [2.45, 2.75) is 50.5 Å². The summed E-state index contributed by atoms with van der Waals surface area (Å²) in [5, 5.41) is 0. The van der Waals surface area contributed by atoms with Crippen LogP contribution in [-0.4, -0.2) is 13.4 Å². The monoisotopic (exact) mass is 376 g/mol. The second-order valence-electron chi connectivity index (χ2n) is 9.19. The standard InChI is InChI=1S/C25H28O3/c1-27-23-11-21(15-26)10-22(24(23)28-16-17-5-3-2-4-6-17)25-12-18-7-19(13-25)9-20(8-18)14-25/h2-6,10-11,15,18-20H,7-9,12-14,16H2,1H3. The van der Waals surface area contributed by atoms with Crippen molar-refractivity contribution in [3.8, 4) is 11.5 Å². The number of hydrogen-bond acceptors (Lipinski definition) is 3. The van der Waals surface area contributed by atoms with Gasteiger partial charge in [0.1, 0.15) is 12.9 Å². The average molecular weight is 376 g/mol. The number of hydrogen-bond donors (Lipinski definition) is 0. The van der Waals surface area contributed by atoms with Crippen molar-refractivity contribution >= 4 is 6.29 Å². The average Bonchev–Trinajstić information content (AvgIpc) is 2.71. The molecule has 4 fully saturated rings. The molecule has 0 atom stereocenters. The van der Waals surface area contributed by atoms with Gasteiger partial charge in [-0.15, -0.1) is 0 Å². The number of carbonyl (C=O) groups is 1. The van der Waals surface area contributed by atoms with E-state index in [4.69, 9.17) is 9.47 Å². The molecule has 0 aliphatic heterocycles. The predicted molar refractivity (Wildman–Crippen MR) is 109 cm³/mol. The molecule has 4 aliphatic carbocycles. The quantitative estimate of drug-likeness (QED) is 0.620. The topological polar surface area (TPSA) is 35.5 Å². The summed E-state index contributed by atoms with van der Waals surface area (Å²) < 4.78 is 12.1. The second-order valence-corrected chi connectivity index (χ2v) is 9.19. The molecule has 4 saturated carbocycles. The molecule has 146 valence electrons. The lowest BCUT2D eigenvalue weighted by atomic mass is 9.48. The third kappa shape index (κ3) is 3.01. The van der Waals surface area contributed by atoms with Gasteiger partial charge in [0.2, 0.25) is 0 Å². The first-order valence-electron chi connectivity index (χ1n) is 10.5. The van der Waals surface area contributed by atoms with E-state index < -0.39 is 0 Å². The molecule has 2 aromatic carbocycles. The Morgan fingerprint density at radius 1 is 1.00 bits per heavy atom. The molecule has 0 N–H and O–H groups in total. The van der Waals surface area contributed by atoms with Crippen LogP contribution in [0.15, 0.2) is 42.5 Å². The van der Waals surface area contributed by atoms with E-state index in [1.165, 1.54) is 44.1 Å². The van der Waals surface area contributed by atoms with Crippen LogP contribution in [-0.2, 0) is 12.0 Å². The minimum Gasteiger partial charge on any atom is -0.493 e. The first-order valence-corrected chi connectivity index (χ1v) is 10.5. The van der Waals surface area contributed by atoms with Crippen molar-refractivity contribution < 1.29 is 14.3 Å². The molecular formula is C25H28O3. The molecule has 0 spiro atoms. The van der Waals surface area contributed by atoms with Crippen molar-refractivity contribution in [3.63, 3.8) is 0 Å². The Kier molecular flexibility index (Phi) is 4.41. The van der Waals surface area contributed by atoms with E-state index in [1.54, 1.807) is 7.11 Å². The summed E-state index contributed by atoms with van der Waals surface area (Å²) in [6, 6.07) is 14.1. The second kappa shape index (κ2) is 6.95. The number of carbonyl (C=O) groups excluding carboxylic acids is 1. The molecule has 28 heavy (non-hydrogen) atoms. The molecule has 0 heterocycles. The van der Waals surface area contributed by atoms with E-state index in [0.29, 0.717) is 17.9 Å². The van der Waals surface area contributed by atoms with Crippen molar-refractivity contribution in [1.82, 2.24) is 0 Å². The van der Waals surface area contributed by atoms with Crippen LogP contribution in [0.5, 0.6) is 11.5 Å². The zero-order chi connectivity index (χ0) is 19.1. The highest BCUT2D eigenvalue weighted by Crippen LogP contribution is 2.62. The molecule has 3 nitrogen and oxygen atoms in total. The van der Waals surface area contributed by atoms with Gasteiger partial charge in [-0.3, -0.25) is 4.79 Å². The maximum absolute atomic E-state index is 11.6. The normalized spacial score (nSPS) is 30.2. The molecule has 0 aromatic heterocycles. The molecule has 0 unspecified atom stereocenters. The Hall–Kier alpha value is -2.29. The van der Waals surface area contributed by atoms with Crippen molar-refractivity contribution in [3.05, 3.63) is 59.2 Å². The Bertz CT molecular complexity index is 836. The van der Waals surface area contributed by atoms with Crippen LogP contribution in [0.3, 0.4) is 0 Å². The van der Waals surface area contributed by atoms with Crippen LogP contribution in [0.2, 0.25) is 0 Å². The van der Waals surface area contributed by atoms with Gasteiger partial charge in [0.25, 0.3) is 0 Å². The van der Waals surface area contributed by atoms with E-state index in [-0.39, 0.29) is 5.41 Å². The Morgan fingerprint density at radius 2 is 1.64 bits per heavy atom. The van der Waals surface area contributed by atoms with Crippen molar-refractivity contribution in [2.75, 3.05) is 7.11 Å². The highest BCUT2D eigenvalue weighted by molar-refractivity contribution is 5.78. The molecule has 0 saturated heterocycles. The third-order valence-corrected chi connectivity index (χ3v) is 7.27. The lowest BCUT2D eigenvalue weighted by Crippen LogP contribution is -2.48. The van der Waals surface area contributed by atoms with Crippen LogP contribution in [0, 0.1) is 17.8 Å². The van der Waals surface area contributed by atoms with Crippen LogP contribution in [0.1, 0.15) is 60.0 Å². The summed E-state index contributed by atoms with van der Waals surface area (Å²) in [7, 11) is 1.67. The molecule has 3 heteroatoms. The first-order chi connectivity index (χ1) is 13.7. The summed E-state index contributed by atoms with van der Waals surface area (Å²) in [5.74, 6) is 4.03. The van der Waals surface area contributed by atoms with E-state index in [0.717, 1.165) is 35.4 Å². The summed E-state index contributed by atoms with van der Waals surface area (Å²) in [6.07, 6.45) is 8.80. The first kappa shape index (κ1) is 17.8. The van der Waals surface area contributed by atoms with E-state index in [1.807, 2.05) is 24.3 Å². The fraction of sp³-hybridized carbons (Fsp3) is 0.480. The van der Waals surface area contributed by atoms with Crippen LogP contribution in [0.25, 0.3) is 0 Å². The molecule has 4 aliphatic rings. The van der Waals surface area contributed by atoms with Crippen molar-refractivity contribution in [1.29, 1.82) is 0 Å². The number of benzene rings is 2. The van der Waals surface area contributed by atoms with Gasteiger partial charge in [0.15, 0.2) is 11.5 Å². The Balaban J connectivity index is 1.56. The molecule has 6 rings (SSSR count). The maximum atomic E-state index is 11.6. The fourth-order valence-corrected chi connectivity index (χ4v) is 6.56. The summed E-state index contributed by atoms with van der Waals surface area (Å²) in [5.41, 5.74) is 3.19. The van der Waals surface area contributed by atoms with Crippen LogP contribution in [0.4, 0.5) is 0 Å². The van der Waals surface area contributed by atoms with E-state index in [9.17, 15) is 4.79 Å². The molecular weight excluding hydrogens is 348 g/mol. The smallest absolute Gasteiger partial charge is 0.165 e. The number of methoxy groups -OCH3 is 1. The highest BCUT2D eigenvalue weighted by Gasteiger charge is 2.52. The van der Waals surface area contributed by atoms with E-state index >= 15 is 0 Å². The number of ether oxygens (including phenoxy) is 2. The summed E-state index contributed by atoms with van der Waals surface area (Å²) in [6.45, 7) is 0.511. The van der Waals surface area contributed by atoms with Crippen LogP contribution < -0.4 is 9.47 Å². The van der Waals surface area contributed by atoms with E-state index in [2.05, 4.69) is 18.2 Å². The van der Waals surface area contributed by atoms with Gasteiger partial charge in [0, 0.05) is 11.1 Å². The minimum atomic E-state index is 0.146. The van der Waals surface area contributed by atoms with Gasteiger partial charge in [0.05, 0.1) is 7.11 Å². The summed E-state index contributed by atoms with van der Waals surface area (Å²) >= 11 is 0. The lowest BCUT2D eigenvalue weighted by Gasteiger charge is -2.57. The van der Waals surface area contributed by atoms with Gasteiger partial charge < -0.3 is 9.47 Å². The van der Waals surface area contributed by atoms with Crippen molar-refractivity contribution in [2.24, 2.45) is 17.8 Å². The van der Waals surface area contributed by atoms with Gasteiger partial charge in [-0.1, -0.05) is 30.3 Å². The zero-order valence-electron chi connectivity index (χ0n) is 16.5. The largest absolute Gasteiger partial charge is 0.493 e. The van der Waals surface area contributed by atoms with Crippen LogP contribution >= 0.6 is 0 Å². The Morgan fingerprint density at radius 3 is 2.21 bits per heavy atom. The third-order valence-electron chi connectivity index (χ3n) is 7.27. The molecule has 2 aromatic rings. The Labute approximate surface area is 167 Å². The molecule has 4 bridgehead atoms. The lowest BCUT2D eigenvalue weighted by molar-refractivity contribution is -0.00664. The maximum Gasteiger partial charge on any atom is 0.165 e. The molecule has 0 amide bonds. The zero-order valence-corrected chi connectivity index (χ0v) is 16.5. The number of aldehydes is 1. The minimum absolute atomic E-state index is 0.146. The number of rotatable bonds is 6. The fourth-order valence-electron chi connectivity index (χ4n) is 6.56. The molecule has 0 radical (unpaired) electrons. The SMILES string of the molecule is COc1cc(C=O)cc(C23CC4CC(CC(C4)C2)C3)c1OCc1ccccc1. The highest BCUT2D eigenvalue weighted by atomic mass is 16.5.